The van der Waals surface area contributed by atoms with Crippen LogP contribution in [0.1, 0.15) is 16.1 Å². The molecule has 0 saturated heterocycles. The fraction of sp³-hybridized carbons (Fsp3) is 0.0909. The lowest BCUT2D eigenvalue weighted by molar-refractivity contribution is 0.102. The first-order valence-electron chi connectivity index (χ1n) is 4.84. The van der Waals surface area contributed by atoms with Crippen molar-refractivity contribution in [3.05, 3.63) is 46.0 Å². The van der Waals surface area contributed by atoms with E-state index in [9.17, 15) is 4.79 Å². The van der Waals surface area contributed by atoms with Crippen LogP contribution in [0.15, 0.2) is 24.5 Å². The van der Waals surface area contributed by atoms with Gasteiger partial charge in [0, 0.05) is 12.4 Å². The molecule has 0 radical (unpaired) electrons. The zero-order valence-corrected chi connectivity index (χ0v) is 10.4. The summed E-state index contributed by atoms with van der Waals surface area (Å²) in [5.41, 5.74) is 1.72. The van der Waals surface area contributed by atoms with Crippen LogP contribution in [0.3, 0.4) is 0 Å². The first-order valence-corrected chi connectivity index (χ1v) is 5.60. The highest BCUT2D eigenvalue weighted by Crippen LogP contribution is 2.23. The molecule has 88 valence electrons. The molecule has 0 aromatic carbocycles. The maximum Gasteiger partial charge on any atom is 0.272 e. The third-order valence-electron chi connectivity index (χ3n) is 2.24. The largest absolute Gasteiger partial charge is 0.356 e. The van der Waals surface area contributed by atoms with Crippen LogP contribution >= 0.6 is 23.2 Å². The summed E-state index contributed by atoms with van der Waals surface area (Å²) >= 11 is 11.6. The molecule has 0 bridgehead atoms. The van der Waals surface area contributed by atoms with E-state index in [2.05, 4.69) is 15.3 Å². The fourth-order valence-corrected chi connectivity index (χ4v) is 1.77. The maximum atomic E-state index is 11.8. The summed E-state index contributed by atoms with van der Waals surface area (Å²) in [7, 11) is 0. The minimum absolute atomic E-state index is 0.260. The van der Waals surface area contributed by atoms with Gasteiger partial charge in [0.1, 0.15) is 5.69 Å². The molecule has 2 N–H and O–H groups in total. The number of H-pyrrole nitrogens is 1. The summed E-state index contributed by atoms with van der Waals surface area (Å²) in [6, 6.07) is 3.31. The standard InChI is InChI=1S/C11H9Cl2N3O/c1-6-2-3-14-10(13)9(6)16-11(17)8-4-7(12)5-15-8/h2-5,15H,1H3,(H,16,17). The van der Waals surface area contributed by atoms with E-state index in [1.165, 1.54) is 12.3 Å². The van der Waals surface area contributed by atoms with E-state index in [4.69, 9.17) is 23.2 Å². The summed E-state index contributed by atoms with van der Waals surface area (Å²) in [6.45, 7) is 1.84. The number of carbonyl (C=O) groups is 1. The second kappa shape index (κ2) is 4.77. The number of hydrogen-bond donors (Lipinski definition) is 2. The van der Waals surface area contributed by atoms with Gasteiger partial charge in [0.25, 0.3) is 5.91 Å². The second-order valence-electron chi connectivity index (χ2n) is 3.48. The molecular weight excluding hydrogens is 261 g/mol. The molecule has 0 fully saturated rings. The topological polar surface area (TPSA) is 57.8 Å². The zero-order valence-electron chi connectivity index (χ0n) is 8.92. The molecule has 1 amide bonds. The lowest BCUT2D eigenvalue weighted by Crippen LogP contribution is -2.13. The van der Waals surface area contributed by atoms with Gasteiger partial charge in [-0.15, -0.1) is 0 Å². The number of amides is 1. The highest BCUT2D eigenvalue weighted by Gasteiger charge is 2.12. The molecule has 17 heavy (non-hydrogen) atoms. The van der Waals surface area contributed by atoms with Gasteiger partial charge in [0.05, 0.1) is 10.7 Å². The van der Waals surface area contributed by atoms with Crippen LogP contribution in [0, 0.1) is 6.92 Å². The van der Waals surface area contributed by atoms with Crippen LogP contribution in [0.25, 0.3) is 0 Å². The van der Waals surface area contributed by atoms with Crippen LogP contribution < -0.4 is 5.32 Å². The molecule has 0 atom stereocenters. The Bertz CT molecular complexity index is 545. The predicted molar refractivity (Wildman–Crippen MR) is 67.7 cm³/mol. The van der Waals surface area contributed by atoms with Gasteiger partial charge in [-0.3, -0.25) is 4.79 Å². The molecule has 0 aliphatic carbocycles. The Morgan fingerprint density at radius 1 is 1.47 bits per heavy atom. The Kier molecular flexibility index (Phi) is 3.36. The van der Waals surface area contributed by atoms with Crippen LogP contribution in [-0.4, -0.2) is 15.9 Å². The predicted octanol–water partition coefficient (Wildman–Crippen LogP) is 3.28. The Labute approximate surface area is 108 Å². The van der Waals surface area contributed by atoms with E-state index < -0.39 is 0 Å². The van der Waals surface area contributed by atoms with Gasteiger partial charge in [-0.1, -0.05) is 23.2 Å². The van der Waals surface area contributed by atoms with Crippen molar-refractivity contribution in [2.75, 3.05) is 5.32 Å². The number of nitrogens with one attached hydrogen (secondary N) is 2. The van der Waals surface area contributed by atoms with E-state index in [1.54, 1.807) is 12.3 Å². The van der Waals surface area contributed by atoms with E-state index >= 15 is 0 Å². The van der Waals surface area contributed by atoms with Crippen molar-refractivity contribution in [2.45, 2.75) is 6.92 Å². The third kappa shape index (κ3) is 2.60. The molecule has 0 spiro atoms. The summed E-state index contributed by atoms with van der Waals surface area (Å²) in [6.07, 6.45) is 3.12. The number of rotatable bonds is 2. The number of halogens is 2. The number of aryl methyl sites for hydroxylation is 1. The molecule has 2 aromatic rings. The van der Waals surface area contributed by atoms with Gasteiger partial charge < -0.3 is 10.3 Å². The number of pyridine rings is 1. The molecular formula is C11H9Cl2N3O. The number of hydrogen-bond acceptors (Lipinski definition) is 2. The Morgan fingerprint density at radius 2 is 2.24 bits per heavy atom. The van der Waals surface area contributed by atoms with E-state index in [-0.39, 0.29) is 11.1 Å². The van der Waals surface area contributed by atoms with Crippen LogP contribution in [0.2, 0.25) is 10.2 Å². The normalized spacial score (nSPS) is 10.3. The lowest BCUT2D eigenvalue weighted by atomic mass is 10.2. The lowest BCUT2D eigenvalue weighted by Gasteiger charge is -2.08. The van der Waals surface area contributed by atoms with Gasteiger partial charge >= 0.3 is 0 Å². The van der Waals surface area contributed by atoms with Crippen molar-refractivity contribution in [3.8, 4) is 0 Å². The quantitative estimate of drug-likeness (QED) is 0.823. The van der Waals surface area contributed by atoms with Gasteiger partial charge in [0.2, 0.25) is 0 Å². The second-order valence-corrected chi connectivity index (χ2v) is 4.27. The van der Waals surface area contributed by atoms with Crippen LogP contribution in [0.4, 0.5) is 5.69 Å². The van der Waals surface area contributed by atoms with Gasteiger partial charge in [0.15, 0.2) is 5.15 Å². The monoisotopic (exact) mass is 269 g/mol. The highest BCUT2D eigenvalue weighted by molar-refractivity contribution is 6.33. The average molecular weight is 270 g/mol. The minimum atomic E-state index is -0.310. The third-order valence-corrected chi connectivity index (χ3v) is 2.75. The Balaban J connectivity index is 2.24. The highest BCUT2D eigenvalue weighted by atomic mass is 35.5. The number of nitrogens with zero attached hydrogens (tertiary/aromatic N) is 1. The van der Waals surface area contributed by atoms with Crippen molar-refractivity contribution in [3.63, 3.8) is 0 Å². The molecule has 2 heterocycles. The molecule has 0 aliphatic heterocycles. The Morgan fingerprint density at radius 3 is 2.82 bits per heavy atom. The van der Waals surface area contributed by atoms with Crippen molar-refractivity contribution in [1.82, 2.24) is 9.97 Å². The molecule has 0 aliphatic rings. The molecule has 2 rings (SSSR count). The molecule has 2 aromatic heterocycles. The van der Waals surface area contributed by atoms with Crippen molar-refractivity contribution < 1.29 is 4.79 Å². The van der Waals surface area contributed by atoms with E-state index in [0.717, 1.165) is 5.56 Å². The summed E-state index contributed by atoms with van der Waals surface area (Å²) < 4.78 is 0. The maximum absolute atomic E-state index is 11.8. The van der Waals surface area contributed by atoms with Crippen molar-refractivity contribution in [2.24, 2.45) is 0 Å². The first-order chi connectivity index (χ1) is 8.08. The summed E-state index contributed by atoms with van der Waals surface area (Å²) in [5.74, 6) is -0.310. The molecule has 0 saturated carbocycles. The first kappa shape index (κ1) is 12.0. The van der Waals surface area contributed by atoms with Gasteiger partial charge in [-0.05, 0) is 24.6 Å². The zero-order chi connectivity index (χ0) is 12.4. The number of aromatic amines is 1. The smallest absolute Gasteiger partial charge is 0.272 e. The molecule has 6 heteroatoms. The fourth-order valence-electron chi connectivity index (χ4n) is 1.36. The summed E-state index contributed by atoms with van der Waals surface area (Å²) in [5, 5.41) is 3.42. The van der Waals surface area contributed by atoms with E-state index in [1.807, 2.05) is 6.92 Å². The van der Waals surface area contributed by atoms with Crippen molar-refractivity contribution in [1.29, 1.82) is 0 Å². The number of carbonyl (C=O) groups excluding carboxylic acids is 1. The van der Waals surface area contributed by atoms with Crippen LogP contribution in [-0.2, 0) is 0 Å². The Hall–Kier alpha value is -1.52. The van der Waals surface area contributed by atoms with E-state index in [0.29, 0.717) is 16.4 Å². The minimum Gasteiger partial charge on any atom is -0.356 e. The van der Waals surface area contributed by atoms with Crippen molar-refractivity contribution >= 4 is 34.8 Å². The average Bonchev–Trinajstić information content (AvgIpc) is 2.70. The number of aromatic nitrogens is 2. The number of anilines is 1. The SMILES string of the molecule is Cc1ccnc(Cl)c1NC(=O)c1cc(Cl)c[nH]1. The van der Waals surface area contributed by atoms with Crippen LogP contribution in [0.5, 0.6) is 0 Å². The van der Waals surface area contributed by atoms with Gasteiger partial charge in [-0.25, -0.2) is 4.98 Å². The summed E-state index contributed by atoms with van der Waals surface area (Å²) in [4.78, 5) is 18.5. The van der Waals surface area contributed by atoms with Gasteiger partial charge in [-0.2, -0.15) is 0 Å². The molecule has 4 nitrogen and oxygen atoms in total. The molecule has 0 unspecified atom stereocenters.